The van der Waals surface area contributed by atoms with Crippen LogP contribution in [0.15, 0.2) is 67.1 Å². The van der Waals surface area contributed by atoms with Gasteiger partial charge in [-0.1, -0.05) is 42.5 Å². The van der Waals surface area contributed by atoms with Gasteiger partial charge in [-0.05, 0) is 29.7 Å². The van der Waals surface area contributed by atoms with Crippen molar-refractivity contribution >= 4 is 10.0 Å². The van der Waals surface area contributed by atoms with Crippen LogP contribution in [0.4, 0.5) is 0 Å². The molecule has 3 atom stereocenters. The van der Waals surface area contributed by atoms with Gasteiger partial charge in [-0.25, -0.2) is 8.42 Å². The van der Waals surface area contributed by atoms with Gasteiger partial charge in [0, 0.05) is 19.3 Å². The van der Waals surface area contributed by atoms with Crippen molar-refractivity contribution in [2.24, 2.45) is 0 Å². The largest absolute Gasteiger partial charge is 0.497 e. The molecular formula is C22H29N3O5S. The Bertz CT molecular complexity index is 968. The highest BCUT2D eigenvalue weighted by atomic mass is 32.2. The maximum absolute atomic E-state index is 11.7. The Balaban J connectivity index is 1.69. The lowest BCUT2D eigenvalue weighted by molar-refractivity contribution is -0.0189. The Morgan fingerprint density at radius 1 is 1.16 bits per heavy atom. The van der Waals surface area contributed by atoms with Crippen LogP contribution in [0, 0.1) is 0 Å². The molecule has 0 fully saturated rings. The van der Waals surface area contributed by atoms with Gasteiger partial charge in [-0.3, -0.25) is 0 Å². The first kappa shape index (κ1) is 23.1. The lowest BCUT2D eigenvalue weighted by Gasteiger charge is -2.35. The van der Waals surface area contributed by atoms with E-state index in [0.717, 1.165) is 23.1 Å². The predicted molar refractivity (Wildman–Crippen MR) is 118 cm³/mol. The molecule has 31 heavy (non-hydrogen) atoms. The zero-order chi connectivity index (χ0) is 22.3. The van der Waals surface area contributed by atoms with Crippen LogP contribution in [0.5, 0.6) is 5.75 Å². The number of methoxy groups -OCH3 is 1. The van der Waals surface area contributed by atoms with E-state index >= 15 is 0 Å². The molecule has 0 radical (unpaired) electrons. The Morgan fingerprint density at radius 2 is 1.90 bits per heavy atom. The van der Waals surface area contributed by atoms with E-state index in [9.17, 15) is 13.5 Å². The zero-order valence-electron chi connectivity index (χ0n) is 17.6. The van der Waals surface area contributed by atoms with Gasteiger partial charge in [-0.2, -0.15) is 4.72 Å². The monoisotopic (exact) mass is 447 g/mol. The first-order chi connectivity index (χ1) is 14.9. The molecule has 168 valence electrons. The third-order valence-electron chi connectivity index (χ3n) is 4.96. The van der Waals surface area contributed by atoms with Crippen molar-refractivity contribution in [3.63, 3.8) is 0 Å². The highest BCUT2D eigenvalue weighted by Gasteiger charge is 2.34. The summed E-state index contributed by atoms with van der Waals surface area (Å²) in [6.45, 7) is 0.869. The van der Waals surface area contributed by atoms with Crippen LogP contribution in [0.1, 0.15) is 11.1 Å². The lowest BCUT2D eigenvalue weighted by Crippen LogP contribution is -2.54. The van der Waals surface area contributed by atoms with Crippen molar-refractivity contribution in [1.29, 1.82) is 0 Å². The summed E-state index contributed by atoms with van der Waals surface area (Å²) in [6.07, 6.45) is 2.97. The molecule has 1 aliphatic rings. The lowest BCUT2D eigenvalue weighted by atomic mass is 9.99. The van der Waals surface area contributed by atoms with Crippen molar-refractivity contribution < 1.29 is 23.0 Å². The highest BCUT2D eigenvalue weighted by Crippen LogP contribution is 2.20. The molecule has 0 saturated carbocycles. The predicted octanol–water partition coefficient (Wildman–Crippen LogP) is 1.39. The van der Waals surface area contributed by atoms with Crippen LogP contribution in [0.25, 0.3) is 0 Å². The number of nitrogens with one attached hydrogen (secondary N) is 2. The van der Waals surface area contributed by atoms with Gasteiger partial charge in [0.15, 0.2) is 0 Å². The van der Waals surface area contributed by atoms with Gasteiger partial charge in [-0.15, -0.1) is 0 Å². The molecule has 0 bridgehead atoms. The number of aliphatic hydroxyl groups excluding tert-OH is 1. The van der Waals surface area contributed by atoms with Crippen LogP contribution >= 0.6 is 0 Å². The summed E-state index contributed by atoms with van der Waals surface area (Å²) in [5, 5.41) is 14.3. The Morgan fingerprint density at radius 3 is 2.61 bits per heavy atom. The summed E-state index contributed by atoms with van der Waals surface area (Å²) in [5.41, 5.74) is 2.06. The Hall–Kier alpha value is -2.59. The molecule has 2 aromatic rings. The number of aliphatic hydroxyl groups is 1. The van der Waals surface area contributed by atoms with Crippen molar-refractivity contribution in [1.82, 2.24) is 14.9 Å². The maximum Gasteiger partial charge on any atom is 0.241 e. The number of sulfonamides is 1. The molecule has 3 N–H and O–H groups in total. The number of benzene rings is 2. The van der Waals surface area contributed by atoms with Gasteiger partial charge in [0.25, 0.3) is 0 Å². The molecule has 9 heteroatoms. The van der Waals surface area contributed by atoms with Crippen molar-refractivity contribution in [3.8, 4) is 5.75 Å². The van der Waals surface area contributed by atoms with Gasteiger partial charge < -0.3 is 24.8 Å². The second-order valence-electron chi connectivity index (χ2n) is 7.42. The number of ether oxygens (including phenoxy) is 2. The molecule has 0 aliphatic carbocycles. The summed E-state index contributed by atoms with van der Waals surface area (Å²) in [4.78, 5) is 1.70. The van der Waals surface area contributed by atoms with E-state index in [4.69, 9.17) is 9.47 Å². The van der Waals surface area contributed by atoms with E-state index < -0.39 is 28.5 Å². The normalized spacial score (nSPS) is 17.9. The van der Waals surface area contributed by atoms with E-state index in [2.05, 4.69) is 10.0 Å². The van der Waals surface area contributed by atoms with Gasteiger partial charge in [0.1, 0.15) is 12.0 Å². The third kappa shape index (κ3) is 6.96. The smallest absolute Gasteiger partial charge is 0.241 e. The van der Waals surface area contributed by atoms with Crippen molar-refractivity contribution in [3.05, 3.63) is 78.2 Å². The second-order valence-corrected chi connectivity index (χ2v) is 9.20. The average Bonchev–Trinajstić information content (AvgIpc) is 3.18. The number of nitrogens with zero attached hydrogens (tertiary/aromatic N) is 1. The molecule has 0 amide bonds. The van der Waals surface area contributed by atoms with Crippen LogP contribution in [-0.4, -0.2) is 56.8 Å². The fraction of sp³-hybridized carbons (Fsp3) is 0.364. The summed E-state index contributed by atoms with van der Waals surface area (Å²) in [7, 11) is -1.88. The van der Waals surface area contributed by atoms with E-state index in [1.54, 1.807) is 18.2 Å². The maximum atomic E-state index is 11.7. The fourth-order valence-corrected chi connectivity index (χ4v) is 4.01. The van der Waals surface area contributed by atoms with Crippen LogP contribution < -0.4 is 14.8 Å². The van der Waals surface area contributed by atoms with Crippen LogP contribution in [-0.2, 0) is 27.7 Å². The number of rotatable bonds is 11. The Labute approximate surface area is 183 Å². The quantitative estimate of drug-likeness (QED) is 0.479. The second kappa shape index (κ2) is 10.6. The Kier molecular flexibility index (Phi) is 7.91. The molecule has 8 nitrogen and oxygen atoms in total. The third-order valence-corrected chi connectivity index (χ3v) is 5.59. The number of hydrogen-bond donors (Lipinski definition) is 3. The molecule has 1 heterocycles. The summed E-state index contributed by atoms with van der Waals surface area (Å²) in [5.74, 6) is 0.774. The standard InChI is InChI=1S/C22H29N3O5S/c1-29-19-10-6-9-18(13-19)15-23-16-21(26)20(14-17-7-4-3-5-8-17)25-11-12-30-22(25)24-31(2,27)28/h3-13,20-24,26H,14-16H2,1-2H3/t20-,21+,22?/m0/s1. The van der Waals surface area contributed by atoms with Crippen molar-refractivity contribution in [2.75, 3.05) is 19.9 Å². The molecule has 2 aromatic carbocycles. The van der Waals surface area contributed by atoms with Crippen molar-refractivity contribution in [2.45, 2.75) is 31.5 Å². The first-order valence-corrected chi connectivity index (χ1v) is 11.9. The topological polar surface area (TPSA) is 100 Å². The van der Waals surface area contributed by atoms with E-state index in [1.165, 1.54) is 6.26 Å². The summed E-state index contributed by atoms with van der Waals surface area (Å²) in [6, 6.07) is 17.0. The van der Waals surface area contributed by atoms with Crippen LogP contribution in [0.3, 0.4) is 0 Å². The van der Waals surface area contributed by atoms with E-state index in [0.29, 0.717) is 19.5 Å². The minimum atomic E-state index is -3.50. The number of hydrogen-bond acceptors (Lipinski definition) is 7. The molecule has 0 aromatic heterocycles. The molecular weight excluding hydrogens is 418 g/mol. The summed E-state index contributed by atoms with van der Waals surface area (Å²) >= 11 is 0. The van der Waals surface area contributed by atoms with Crippen LogP contribution in [0.2, 0.25) is 0 Å². The first-order valence-electron chi connectivity index (χ1n) is 9.98. The summed E-state index contributed by atoms with van der Waals surface area (Å²) < 4.78 is 36.6. The fourth-order valence-electron chi connectivity index (χ4n) is 3.46. The SMILES string of the molecule is COc1cccc(CNC[C@@H](O)[C@H](Cc2ccccc2)N2C=COC2NS(C)(=O)=O)c1. The average molecular weight is 448 g/mol. The molecule has 0 spiro atoms. The minimum Gasteiger partial charge on any atom is -0.497 e. The minimum absolute atomic E-state index is 0.310. The molecule has 1 aliphatic heterocycles. The van der Waals surface area contributed by atoms with E-state index in [1.807, 2.05) is 54.6 Å². The molecule has 1 unspecified atom stereocenters. The van der Waals surface area contributed by atoms with E-state index in [-0.39, 0.29) is 0 Å². The van der Waals surface area contributed by atoms with Gasteiger partial charge in [0.05, 0.1) is 25.5 Å². The highest BCUT2D eigenvalue weighted by molar-refractivity contribution is 7.88. The molecule has 0 saturated heterocycles. The van der Waals surface area contributed by atoms with Gasteiger partial charge in [0.2, 0.25) is 16.4 Å². The van der Waals surface area contributed by atoms with Gasteiger partial charge >= 0.3 is 0 Å². The zero-order valence-corrected chi connectivity index (χ0v) is 18.5. The molecule has 3 rings (SSSR count).